The number of hydrogen-bond acceptors (Lipinski definition) is 4. The van der Waals surface area contributed by atoms with E-state index in [1.165, 1.54) is 23.0 Å². The van der Waals surface area contributed by atoms with Crippen molar-refractivity contribution in [3.63, 3.8) is 0 Å². The standard InChI is InChI=1S/C15H14FN3O3/c16-9-2-1-3-10(4-9)19-7-13(20)14(17-19)15(21)18-6-12-5-11(18)8-22-12/h1-4,7,11-12,20H,5-6,8H2/t11-,12-/m0/s1. The molecule has 0 radical (unpaired) electrons. The maximum absolute atomic E-state index is 13.3. The van der Waals surface area contributed by atoms with Crippen LogP contribution >= 0.6 is 0 Å². The number of halogens is 1. The minimum Gasteiger partial charge on any atom is -0.504 e. The van der Waals surface area contributed by atoms with Crippen molar-refractivity contribution in [2.75, 3.05) is 13.2 Å². The minimum atomic E-state index is -0.408. The summed E-state index contributed by atoms with van der Waals surface area (Å²) in [4.78, 5) is 14.2. The molecule has 2 fully saturated rings. The first-order chi connectivity index (χ1) is 10.6. The highest BCUT2D eigenvalue weighted by atomic mass is 19.1. The second-order valence-corrected chi connectivity index (χ2v) is 5.59. The number of likely N-dealkylation sites (tertiary alicyclic amines) is 1. The fourth-order valence-corrected chi connectivity index (χ4v) is 3.05. The summed E-state index contributed by atoms with van der Waals surface area (Å²) < 4.78 is 20.0. The van der Waals surface area contributed by atoms with Crippen LogP contribution in [-0.2, 0) is 4.74 Å². The van der Waals surface area contributed by atoms with Gasteiger partial charge >= 0.3 is 0 Å². The van der Waals surface area contributed by atoms with Gasteiger partial charge in [-0.05, 0) is 24.6 Å². The molecule has 6 nitrogen and oxygen atoms in total. The van der Waals surface area contributed by atoms with Crippen molar-refractivity contribution in [1.82, 2.24) is 14.7 Å². The maximum Gasteiger partial charge on any atom is 0.278 e. The van der Waals surface area contributed by atoms with E-state index in [0.717, 1.165) is 6.42 Å². The Labute approximate surface area is 125 Å². The third kappa shape index (κ3) is 2.05. The number of fused-ring (bicyclic) bond motifs is 2. The molecule has 3 heterocycles. The molecule has 2 aliphatic rings. The molecule has 2 aliphatic heterocycles. The van der Waals surface area contributed by atoms with E-state index in [1.807, 2.05) is 0 Å². The topological polar surface area (TPSA) is 67.6 Å². The van der Waals surface area contributed by atoms with Crippen LogP contribution < -0.4 is 0 Å². The lowest BCUT2D eigenvalue weighted by Gasteiger charge is -2.26. The van der Waals surface area contributed by atoms with Crippen LogP contribution in [0.4, 0.5) is 4.39 Å². The zero-order chi connectivity index (χ0) is 15.3. The minimum absolute atomic E-state index is 0.0168. The predicted octanol–water partition coefficient (Wildman–Crippen LogP) is 1.33. The van der Waals surface area contributed by atoms with Crippen LogP contribution in [0.2, 0.25) is 0 Å². The van der Waals surface area contributed by atoms with Crippen LogP contribution in [0.3, 0.4) is 0 Å². The van der Waals surface area contributed by atoms with Gasteiger partial charge in [-0.2, -0.15) is 5.10 Å². The number of nitrogens with zero attached hydrogens (tertiary/aromatic N) is 3. The van der Waals surface area contributed by atoms with E-state index in [1.54, 1.807) is 17.0 Å². The second kappa shape index (κ2) is 4.81. The molecule has 0 spiro atoms. The lowest BCUT2D eigenvalue weighted by atomic mass is 10.2. The van der Waals surface area contributed by atoms with E-state index in [2.05, 4.69) is 5.10 Å². The molecule has 114 valence electrons. The molecule has 0 unspecified atom stereocenters. The Morgan fingerprint density at radius 1 is 1.45 bits per heavy atom. The largest absolute Gasteiger partial charge is 0.504 e. The zero-order valence-electron chi connectivity index (χ0n) is 11.6. The summed E-state index contributed by atoms with van der Waals surface area (Å²) in [6, 6.07) is 5.85. The van der Waals surface area contributed by atoms with E-state index in [9.17, 15) is 14.3 Å². The van der Waals surface area contributed by atoms with Crippen LogP contribution in [0, 0.1) is 5.82 Å². The Kier molecular flexibility index (Phi) is 2.90. The first-order valence-electron chi connectivity index (χ1n) is 7.09. The number of aromatic hydroxyl groups is 1. The van der Waals surface area contributed by atoms with Crippen LogP contribution in [0.25, 0.3) is 5.69 Å². The molecule has 2 saturated heterocycles. The molecule has 2 aromatic rings. The molecule has 1 N–H and O–H groups in total. The molecular formula is C15H14FN3O3. The Morgan fingerprint density at radius 3 is 3.00 bits per heavy atom. The third-order valence-corrected chi connectivity index (χ3v) is 4.13. The Morgan fingerprint density at radius 2 is 2.32 bits per heavy atom. The summed E-state index contributed by atoms with van der Waals surface area (Å²) >= 11 is 0. The molecule has 1 aromatic heterocycles. The van der Waals surface area contributed by atoms with Crippen molar-refractivity contribution in [2.24, 2.45) is 0 Å². The lowest BCUT2D eigenvalue weighted by molar-refractivity contribution is 0.0253. The van der Waals surface area contributed by atoms with Crippen LogP contribution in [0.15, 0.2) is 30.5 Å². The van der Waals surface area contributed by atoms with Gasteiger partial charge in [0.05, 0.1) is 30.6 Å². The van der Waals surface area contributed by atoms with Crippen molar-refractivity contribution < 1.29 is 19.0 Å². The Hall–Kier alpha value is -2.41. The maximum atomic E-state index is 13.3. The summed E-state index contributed by atoms with van der Waals surface area (Å²) in [5.74, 6) is -0.934. The molecule has 7 heteroatoms. The molecule has 0 aliphatic carbocycles. The Balaban J connectivity index is 1.64. The van der Waals surface area contributed by atoms with Gasteiger partial charge in [0.15, 0.2) is 11.4 Å². The number of benzene rings is 1. The third-order valence-electron chi connectivity index (χ3n) is 4.13. The van der Waals surface area contributed by atoms with E-state index in [-0.39, 0.29) is 29.5 Å². The summed E-state index contributed by atoms with van der Waals surface area (Å²) in [6.45, 7) is 1.05. The highest BCUT2D eigenvalue weighted by Crippen LogP contribution is 2.30. The van der Waals surface area contributed by atoms with Crippen molar-refractivity contribution in [1.29, 1.82) is 0 Å². The van der Waals surface area contributed by atoms with E-state index < -0.39 is 5.82 Å². The SMILES string of the molecule is O=C(c1nn(-c2cccc(F)c2)cc1O)N1C[C@@H]2C[C@H]1CO2. The fraction of sp³-hybridized carbons (Fsp3) is 0.333. The lowest BCUT2D eigenvalue weighted by Crippen LogP contribution is -2.41. The van der Waals surface area contributed by atoms with E-state index >= 15 is 0 Å². The number of amides is 1. The second-order valence-electron chi connectivity index (χ2n) is 5.59. The van der Waals surface area contributed by atoms with E-state index in [4.69, 9.17) is 4.74 Å². The van der Waals surface area contributed by atoms with Crippen LogP contribution in [0.1, 0.15) is 16.9 Å². The monoisotopic (exact) mass is 303 g/mol. The molecule has 0 saturated carbocycles. The first kappa shape index (κ1) is 13.3. The normalized spacial score (nSPS) is 23.2. The fourth-order valence-electron chi connectivity index (χ4n) is 3.05. The Bertz CT molecular complexity index is 745. The number of aromatic nitrogens is 2. The van der Waals surface area contributed by atoms with Gasteiger partial charge in [0.25, 0.3) is 5.91 Å². The first-order valence-corrected chi connectivity index (χ1v) is 7.09. The van der Waals surface area contributed by atoms with Gasteiger partial charge in [-0.15, -0.1) is 0 Å². The van der Waals surface area contributed by atoms with Gasteiger partial charge in [0.1, 0.15) is 5.82 Å². The van der Waals surface area contributed by atoms with Crippen LogP contribution in [-0.4, -0.2) is 51.0 Å². The highest BCUT2D eigenvalue weighted by Gasteiger charge is 2.42. The smallest absolute Gasteiger partial charge is 0.278 e. The summed E-state index contributed by atoms with van der Waals surface area (Å²) in [6.07, 6.45) is 2.23. The van der Waals surface area contributed by atoms with Crippen molar-refractivity contribution in [3.05, 3.63) is 42.0 Å². The van der Waals surface area contributed by atoms with Gasteiger partial charge in [0, 0.05) is 6.54 Å². The summed E-state index contributed by atoms with van der Waals surface area (Å²) in [5.41, 5.74) is 0.428. The van der Waals surface area contributed by atoms with Gasteiger partial charge in [-0.25, -0.2) is 9.07 Å². The van der Waals surface area contributed by atoms with Gasteiger partial charge in [0.2, 0.25) is 0 Å². The molecule has 1 aromatic carbocycles. The molecule has 4 rings (SSSR count). The predicted molar refractivity (Wildman–Crippen MR) is 74.4 cm³/mol. The number of rotatable bonds is 2. The molecule has 1 amide bonds. The van der Waals surface area contributed by atoms with Gasteiger partial charge in [-0.3, -0.25) is 4.79 Å². The van der Waals surface area contributed by atoms with Crippen LogP contribution in [0.5, 0.6) is 5.75 Å². The number of morpholine rings is 1. The average Bonchev–Trinajstić information content (AvgIpc) is 3.21. The number of ether oxygens (including phenoxy) is 1. The molecular weight excluding hydrogens is 289 g/mol. The molecule has 2 atom stereocenters. The number of hydrogen-bond donors (Lipinski definition) is 1. The summed E-state index contributed by atoms with van der Waals surface area (Å²) in [7, 11) is 0. The average molecular weight is 303 g/mol. The quantitative estimate of drug-likeness (QED) is 0.909. The van der Waals surface area contributed by atoms with Crippen molar-refractivity contribution in [3.8, 4) is 11.4 Å². The zero-order valence-corrected chi connectivity index (χ0v) is 11.6. The van der Waals surface area contributed by atoms with Crippen molar-refractivity contribution in [2.45, 2.75) is 18.6 Å². The van der Waals surface area contributed by atoms with E-state index in [0.29, 0.717) is 18.8 Å². The highest BCUT2D eigenvalue weighted by molar-refractivity contribution is 5.95. The molecule has 22 heavy (non-hydrogen) atoms. The van der Waals surface area contributed by atoms with Gasteiger partial charge in [-0.1, -0.05) is 6.07 Å². The number of carbonyl (C=O) groups excluding carboxylic acids is 1. The number of carbonyl (C=O) groups is 1. The van der Waals surface area contributed by atoms with Crippen molar-refractivity contribution >= 4 is 5.91 Å². The molecule has 2 bridgehead atoms. The van der Waals surface area contributed by atoms with Gasteiger partial charge < -0.3 is 14.7 Å². The summed E-state index contributed by atoms with van der Waals surface area (Å²) in [5, 5.41) is 14.1.